The Kier molecular flexibility index (Phi) is 6.13. The first kappa shape index (κ1) is 19.0. The molecule has 0 aliphatic rings. The number of amides is 1. The summed E-state index contributed by atoms with van der Waals surface area (Å²) in [5.41, 5.74) is 3.55. The molecule has 0 radical (unpaired) electrons. The molecule has 27 heavy (non-hydrogen) atoms. The van der Waals surface area contributed by atoms with Gasteiger partial charge in [-0.25, -0.2) is 9.78 Å². The molecule has 0 saturated heterocycles. The highest BCUT2D eigenvalue weighted by molar-refractivity contribution is 7.98. The second kappa shape index (κ2) is 8.73. The van der Waals surface area contributed by atoms with E-state index < -0.39 is 12.0 Å². The molecule has 140 valence electrons. The fraction of sp³-hybridized carbons (Fsp3) is 0.250. The van der Waals surface area contributed by atoms with Crippen molar-refractivity contribution < 1.29 is 14.3 Å². The van der Waals surface area contributed by atoms with Crippen molar-refractivity contribution in [1.82, 2.24) is 15.3 Å². The predicted octanol–water partition coefficient (Wildman–Crippen LogP) is 3.54. The van der Waals surface area contributed by atoms with Crippen LogP contribution in [0.15, 0.2) is 53.7 Å². The number of fused-ring (bicyclic) bond motifs is 1. The van der Waals surface area contributed by atoms with Crippen LogP contribution >= 0.6 is 11.8 Å². The van der Waals surface area contributed by atoms with Gasteiger partial charge in [-0.15, -0.1) is 0 Å². The first-order valence-electron chi connectivity index (χ1n) is 8.71. The van der Waals surface area contributed by atoms with Crippen molar-refractivity contribution in [2.45, 2.75) is 30.8 Å². The van der Waals surface area contributed by atoms with Gasteiger partial charge in [-0.1, -0.05) is 36.0 Å². The standard InChI is InChI=1S/C20H21N3O3S/c1-3-26-19(25)13(2)21-18(24)15-10-8-14(9-11-15)12-27-20-22-16-6-4-5-7-17(16)23-20/h4-11,13H,3,12H2,1-2H3,(H,21,24)(H,22,23). The van der Waals surface area contributed by atoms with Crippen molar-refractivity contribution in [2.75, 3.05) is 6.61 Å². The predicted molar refractivity (Wildman–Crippen MR) is 106 cm³/mol. The molecule has 2 N–H and O–H groups in total. The number of imidazole rings is 1. The van der Waals surface area contributed by atoms with Crippen LogP contribution in [0.2, 0.25) is 0 Å². The second-order valence-electron chi connectivity index (χ2n) is 5.99. The lowest BCUT2D eigenvalue weighted by molar-refractivity contribution is -0.144. The number of carbonyl (C=O) groups is 2. The van der Waals surface area contributed by atoms with Gasteiger partial charge < -0.3 is 15.0 Å². The van der Waals surface area contributed by atoms with Crippen LogP contribution in [0.1, 0.15) is 29.8 Å². The molecule has 0 aliphatic carbocycles. The van der Waals surface area contributed by atoms with E-state index in [1.165, 1.54) is 0 Å². The number of para-hydroxylation sites is 2. The summed E-state index contributed by atoms with van der Waals surface area (Å²) in [5.74, 6) is -0.00207. The number of nitrogens with one attached hydrogen (secondary N) is 2. The highest BCUT2D eigenvalue weighted by atomic mass is 32.2. The number of nitrogens with zero attached hydrogens (tertiary/aromatic N) is 1. The van der Waals surface area contributed by atoms with Crippen LogP contribution in [-0.2, 0) is 15.3 Å². The van der Waals surface area contributed by atoms with E-state index in [9.17, 15) is 9.59 Å². The van der Waals surface area contributed by atoms with E-state index in [2.05, 4.69) is 15.3 Å². The normalized spacial score (nSPS) is 11.9. The number of benzene rings is 2. The van der Waals surface area contributed by atoms with Crippen LogP contribution in [0.5, 0.6) is 0 Å². The minimum absolute atomic E-state index is 0.288. The van der Waals surface area contributed by atoms with Gasteiger partial charge in [0.05, 0.1) is 17.6 Å². The molecule has 7 heteroatoms. The summed E-state index contributed by atoms with van der Waals surface area (Å²) in [6.07, 6.45) is 0. The summed E-state index contributed by atoms with van der Waals surface area (Å²) in [6, 6.07) is 14.5. The van der Waals surface area contributed by atoms with Crippen LogP contribution in [-0.4, -0.2) is 34.5 Å². The number of H-pyrrole nitrogens is 1. The van der Waals surface area contributed by atoms with Crippen molar-refractivity contribution in [1.29, 1.82) is 0 Å². The smallest absolute Gasteiger partial charge is 0.328 e. The summed E-state index contributed by atoms with van der Waals surface area (Å²) in [5, 5.41) is 3.50. The fourth-order valence-corrected chi connectivity index (χ4v) is 3.35. The van der Waals surface area contributed by atoms with E-state index in [1.54, 1.807) is 37.7 Å². The average Bonchev–Trinajstić information content (AvgIpc) is 3.10. The zero-order valence-corrected chi connectivity index (χ0v) is 16.0. The lowest BCUT2D eigenvalue weighted by atomic mass is 10.1. The van der Waals surface area contributed by atoms with Crippen LogP contribution in [0, 0.1) is 0 Å². The van der Waals surface area contributed by atoms with Crippen LogP contribution < -0.4 is 5.32 Å². The molecule has 0 saturated carbocycles. The maximum absolute atomic E-state index is 12.2. The number of esters is 1. The van der Waals surface area contributed by atoms with Gasteiger partial charge in [-0.3, -0.25) is 4.79 Å². The van der Waals surface area contributed by atoms with Gasteiger partial charge in [0.15, 0.2) is 5.16 Å². The van der Waals surface area contributed by atoms with Crippen molar-refractivity contribution in [2.24, 2.45) is 0 Å². The molecule has 1 aromatic heterocycles. The summed E-state index contributed by atoms with van der Waals surface area (Å²) < 4.78 is 4.89. The van der Waals surface area contributed by atoms with Gasteiger partial charge in [0.1, 0.15) is 6.04 Å². The van der Waals surface area contributed by atoms with Crippen LogP contribution in [0.25, 0.3) is 11.0 Å². The Morgan fingerprint density at radius 1 is 1.19 bits per heavy atom. The Bertz CT molecular complexity index is 904. The lowest BCUT2D eigenvalue weighted by Gasteiger charge is -2.12. The highest BCUT2D eigenvalue weighted by Gasteiger charge is 2.17. The Morgan fingerprint density at radius 2 is 1.93 bits per heavy atom. The van der Waals surface area contributed by atoms with Crippen molar-refractivity contribution in [3.63, 3.8) is 0 Å². The fourth-order valence-electron chi connectivity index (χ4n) is 2.51. The van der Waals surface area contributed by atoms with E-state index in [0.717, 1.165) is 27.5 Å². The quantitative estimate of drug-likeness (QED) is 0.482. The van der Waals surface area contributed by atoms with Gasteiger partial charge in [-0.2, -0.15) is 0 Å². The third kappa shape index (κ3) is 4.89. The third-order valence-electron chi connectivity index (χ3n) is 3.95. The van der Waals surface area contributed by atoms with Gasteiger partial charge >= 0.3 is 5.97 Å². The summed E-state index contributed by atoms with van der Waals surface area (Å²) in [6.45, 7) is 3.62. The molecule has 2 aromatic carbocycles. The molecular weight excluding hydrogens is 362 g/mol. The largest absolute Gasteiger partial charge is 0.464 e. The number of aromatic amines is 1. The molecule has 3 aromatic rings. The number of hydrogen-bond acceptors (Lipinski definition) is 5. The summed E-state index contributed by atoms with van der Waals surface area (Å²) >= 11 is 1.61. The second-order valence-corrected chi connectivity index (χ2v) is 6.96. The average molecular weight is 383 g/mol. The van der Waals surface area contributed by atoms with Gasteiger partial charge in [0.25, 0.3) is 5.91 Å². The Labute approximate surface area is 161 Å². The van der Waals surface area contributed by atoms with Crippen molar-refractivity contribution in [3.05, 3.63) is 59.7 Å². The molecule has 1 heterocycles. The monoisotopic (exact) mass is 383 g/mol. The minimum atomic E-state index is -0.680. The van der Waals surface area contributed by atoms with Crippen molar-refractivity contribution >= 4 is 34.7 Å². The minimum Gasteiger partial charge on any atom is -0.464 e. The maximum atomic E-state index is 12.2. The molecule has 0 fully saturated rings. The highest BCUT2D eigenvalue weighted by Crippen LogP contribution is 2.23. The topological polar surface area (TPSA) is 84.1 Å². The van der Waals surface area contributed by atoms with E-state index in [-0.39, 0.29) is 12.5 Å². The van der Waals surface area contributed by atoms with E-state index in [4.69, 9.17) is 4.74 Å². The number of aromatic nitrogens is 2. The van der Waals surface area contributed by atoms with Gasteiger partial charge in [0.2, 0.25) is 0 Å². The van der Waals surface area contributed by atoms with Crippen LogP contribution in [0.4, 0.5) is 0 Å². The SMILES string of the molecule is CCOC(=O)C(C)NC(=O)c1ccc(CSc2nc3ccccc3[nH]2)cc1. The Hall–Kier alpha value is -2.80. The first-order valence-corrected chi connectivity index (χ1v) is 9.69. The number of carbonyl (C=O) groups excluding carboxylic acids is 2. The van der Waals surface area contributed by atoms with Gasteiger partial charge in [-0.05, 0) is 43.7 Å². The zero-order valence-electron chi connectivity index (χ0n) is 15.2. The lowest BCUT2D eigenvalue weighted by Crippen LogP contribution is -2.39. The molecular formula is C20H21N3O3S. The van der Waals surface area contributed by atoms with E-state index in [0.29, 0.717) is 5.56 Å². The number of thioether (sulfide) groups is 1. The van der Waals surface area contributed by atoms with E-state index in [1.807, 2.05) is 36.4 Å². The number of rotatable bonds is 7. The molecule has 6 nitrogen and oxygen atoms in total. The van der Waals surface area contributed by atoms with Crippen molar-refractivity contribution in [3.8, 4) is 0 Å². The third-order valence-corrected chi connectivity index (χ3v) is 4.89. The van der Waals surface area contributed by atoms with Gasteiger partial charge in [0, 0.05) is 11.3 Å². The molecule has 0 bridgehead atoms. The molecule has 1 amide bonds. The molecule has 0 spiro atoms. The summed E-state index contributed by atoms with van der Waals surface area (Å²) in [4.78, 5) is 31.6. The number of hydrogen-bond donors (Lipinski definition) is 2. The maximum Gasteiger partial charge on any atom is 0.328 e. The van der Waals surface area contributed by atoms with E-state index >= 15 is 0 Å². The Balaban J connectivity index is 1.56. The molecule has 1 unspecified atom stereocenters. The molecule has 3 rings (SSSR count). The number of ether oxygens (including phenoxy) is 1. The molecule has 0 aliphatic heterocycles. The summed E-state index contributed by atoms with van der Waals surface area (Å²) in [7, 11) is 0. The zero-order chi connectivity index (χ0) is 19.2. The Morgan fingerprint density at radius 3 is 2.63 bits per heavy atom. The first-order chi connectivity index (χ1) is 13.1. The van der Waals surface area contributed by atoms with Crippen LogP contribution in [0.3, 0.4) is 0 Å². The molecule has 1 atom stereocenters.